The Labute approximate surface area is 162 Å². The number of methoxy groups -OCH3 is 2. The van der Waals surface area contributed by atoms with Crippen LogP contribution in [0.5, 0.6) is 11.5 Å². The summed E-state index contributed by atoms with van der Waals surface area (Å²) in [6.07, 6.45) is 1.55. The molecule has 2 N–H and O–H groups in total. The van der Waals surface area contributed by atoms with Crippen molar-refractivity contribution in [3.05, 3.63) is 71.5 Å². The van der Waals surface area contributed by atoms with E-state index in [0.29, 0.717) is 27.9 Å². The van der Waals surface area contributed by atoms with Crippen molar-refractivity contribution in [2.24, 2.45) is 0 Å². The summed E-state index contributed by atoms with van der Waals surface area (Å²) in [5, 5.41) is 6.56. The van der Waals surface area contributed by atoms with E-state index < -0.39 is 0 Å². The topological polar surface area (TPSA) is 72.5 Å². The van der Waals surface area contributed by atoms with Crippen molar-refractivity contribution in [2.75, 3.05) is 24.9 Å². The average Bonchev–Trinajstić information content (AvgIpc) is 2.70. The number of benzene rings is 2. The molecule has 1 heterocycles. The number of nitrogens with one attached hydrogen (secondary N) is 2. The van der Waals surface area contributed by atoms with E-state index in [1.54, 1.807) is 49.7 Å². The number of carbonyl (C=O) groups excluding carboxylic acids is 1. The second-order valence-electron chi connectivity index (χ2n) is 5.55. The number of pyridine rings is 1. The molecular formula is C20H18ClN3O3. The van der Waals surface area contributed by atoms with Gasteiger partial charge in [0, 0.05) is 18.0 Å². The summed E-state index contributed by atoms with van der Waals surface area (Å²) in [5.74, 6) is 0.767. The van der Waals surface area contributed by atoms with Gasteiger partial charge in [0.1, 0.15) is 17.2 Å². The summed E-state index contributed by atoms with van der Waals surface area (Å²) in [7, 11) is 3.09. The van der Waals surface area contributed by atoms with E-state index in [1.165, 1.54) is 7.11 Å². The number of nitrogens with zero attached hydrogens (tertiary/aromatic N) is 1. The highest BCUT2D eigenvalue weighted by molar-refractivity contribution is 6.33. The van der Waals surface area contributed by atoms with Gasteiger partial charge in [-0.2, -0.15) is 0 Å². The highest BCUT2D eigenvalue weighted by Crippen LogP contribution is 2.29. The highest BCUT2D eigenvalue weighted by atomic mass is 35.5. The van der Waals surface area contributed by atoms with Crippen molar-refractivity contribution in [3.63, 3.8) is 0 Å². The number of halogens is 1. The van der Waals surface area contributed by atoms with Gasteiger partial charge in [0.25, 0.3) is 5.91 Å². The number of hydrogen-bond acceptors (Lipinski definition) is 5. The van der Waals surface area contributed by atoms with Crippen LogP contribution in [0.25, 0.3) is 0 Å². The Morgan fingerprint density at radius 3 is 2.56 bits per heavy atom. The van der Waals surface area contributed by atoms with E-state index in [1.807, 2.05) is 18.2 Å². The zero-order valence-corrected chi connectivity index (χ0v) is 15.6. The number of aromatic nitrogens is 1. The van der Waals surface area contributed by atoms with Gasteiger partial charge < -0.3 is 20.1 Å². The molecule has 6 nitrogen and oxygen atoms in total. The molecule has 1 aromatic heterocycles. The molecule has 0 bridgehead atoms. The lowest BCUT2D eigenvalue weighted by molar-refractivity contribution is 0.102. The molecule has 0 aliphatic rings. The first-order chi connectivity index (χ1) is 13.1. The van der Waals surface area contributed by atoms with Gasteiger partial charge in [-0.05, 0) is 36.4 Å². The standard InChI is InChI=1S/C20H18ClN3O3/c1-26-14-7-8-17(19(12-14)27-2)24-20(25)18-11-13(9-10-22-18)23-16-6-4-3-5-15(16)21/h3-12H,1-2H3,(H,22,23)(H,24,25). The number of para-hydroxylation sites is 1. The molecule has 0 saturated carbocycles. The second kappa shape index (κ2) is 8.42. The number of carbonyl (C=O) groups is 1. The summed E-state index contributed by atoms with van der Waals surface area (Å²) < 4.78 is 10.5. The first-order valence-corrected chi connectivity index (χ1v) is 8.49. The van der Waals surface area contributed by atoms with Gasteiger partial charge >= 0.3 is 0 Å². The van der Waals surface area contributed by atoms with Gasteiger partial charge in [-0.15, -0.1) is 0 Å². The monoisotopic (exact) mass is 383 g/mol. The lowest BCUT2D eigenvalue weighted by Crippen LogP contribution is -2.14. The van der Waals surface area contributed by atoms with Gasteiger partial charge in [-0.25, -0.2) is 0 Å². The Hall–Kier alpha value is -3.25. The Morgan fingerprint density at radius 2 is 1.81 bits per heavy atom. The molecule has 0 saturated heterocycles. The van der Waals surface area contributed by atoms with Crippen LogP contribution in [0.3, 0.4) is 0 Å². The Balaban J connectivity index is 1.79. The minimum atomic E-state index is -0.360. The van der Waals surface area contributed by atoms with Crippen LogP contribution in [0, 0.1) is 0 Å². The minimum Gasteiger partial charge on any atom is -0.497 e. The summed E-state index contributed by atoms with van der Waals surface area (Å²) in [6, 6.07) is 15.9. The molecule has 1 amide bonds. The smallest absolute Gasteiger partial charge is 0.274 e. The molecule has 138 valence electrons. The zero-order chi connectivity index (χ0) is 19.2. The average molecular weight is 384 g/mol. The van der Waals surface area contributed by atoms with Crippen molar-refractivity contribution in [2.45, 2.75) is 0 Å². The predicted molar refractivity (Wildman–Crippen MR) is 106 cm³/mol. The van der Waals surface area contributed by atoms with Crippen molar-refractivity contribution in [1.29, 1.82) is 0 Å². The first kappa shape index (κ1) is 18.5. The largest absolute Gasteiger partial charge is 0.497 e. The van der Waals surface area contributed by atoms with Crippen molar-refractivity contribution in [3.8, 4) is 11.5 Å². The Kier molecular flexibility index (Phi) is 5.78. The van der Waals surface area contributed by atoms with E-state index in [9.17, 15) is 4.79 Å². The lowest BCUT2D eigenvalue weighted by atomic mass is 10.2. The Morgan fingerprint density at radius 1 is 1.00 bits per heavy atom. The van der Waals surface area contributed by atoms with Gasteiger partial charge in [0.2, 0.25) is 0 Å². The number of ether oxygens (including phenoxy) is 2. The van der Waals surface area contributed by atoms with Gasteiger partial charge in [0.15, 0.2) is 0 Å². The summed E-state index contributed by atoms with van der Waals surface area (Å²) >= 11 is 6.16. The second-order valence-corrected chi connectivity index (χ2v) is 5.96. The summed E-state index contributed by atoms with van der Waals surface area (Å²) in [5.41, 5.74) is 2.22. The molecule has 3 rings (SSSR count). The number of rotatable bonds is 6. The molecule has 3 aromatic rings. The summed E-state index contributed by atoms with van der Waals surface area (Å²) in [6.45, 7) is 0. The van der Waals surface area contributed by atoms with Crippen LogP contribution in [0.15, 0.2) is 60.8 Å². The molecule has 2 aromatic carbocycles. The first-order valence-electron chi connectivity index (χ1n) is 8.11. The molecule has 0 aliphatic heterocycles. The minimum absolute atomic E-state index is 0.255. The zero-order valence-electron chi connectivity index (χ0n) is 14.8. The van der Waals surface area contributed by atoms with Crippen LogP contribution in [-0.2, 0) is 0 Å². The quantitative estimate of drug-likeness (QED) is 0.642. The van der Waals surface area contributed by atoms with Gasteiger partial charge in [-0.3, -0.25) is 9.78 Å². The van der Waals surface area contributed by atoms with Crippen LogP contribution in [0.4, 0.5) is 17.1 Å². The van der Waals surface area contributed by atoms with Crippen LogP contribution in [0.2, 0.25) is 5.02 Å². The number of anilines is 3. The lowest BCUT2D eigenvalue weighted by Gasteiger charge is -2.12. The number of amides is 1. The molecule has 0 unspecified atom stereocenters. The summed E-state index contributed by atoms with van der Waals surface area (Å²) in [4.78, 5) is 16.7. The van der Waals surface area contributed by atoms with Crippen LogP contribution < -0.4 is 20.1 Å². The van der Waals surface area contributed by atoms with E-state index in [-0.39, 0.29) is 11.6 Å². The van der Waals surface area contributed by atoms with Crippen LogP contribution >= 0.6 is 11.6 Å². The maximum absolute atomic E-state index is 12.6. The molecular weight excluding hydrogens is 366 g/mol. The highest BCUT2D eigenvalue weighted by Gasteiger charge is 2.13. The third-order valence-electron chi connectivity index (χ3n) is 3.80. The predicted octanol–water partition coefficient (Wildman–Crippen LogP) is 4.75. The van der Waals surface area contributed by atoms with Crippen LogP contribution in [-0.4, -0.2) is 25.1 Å². The van der Waals surface area contributed by atoms with Gasteiger partial charge in [0.05, 0.1) is 30.6 Å². The van der Waals surface area contributed by atoms with E-state index in [4.69, 9.17) is 21.1 Å². The number of hydrogen-bond donors (Lipinski definition) is 2. The third kappa shape index (κ3) is 4.48. The molecule has 0 atom stereocenters. The molecule has 0 radical (unpaired) electrons. The maximum atomic E-state index is 12.6. The third-order valence-corrected chi connectivity index (χ3v) is 4.13. The van der Waals surface area contributed by atoms with E-state index in [2.05, 4.69) is 15.6 Å². The van der Waals surface area contributed by atoms with Crippen LogP contribution in [0.1, 0.15) is 10.5 Å². The van der Waals surface area contributed by atoms with Gasteiger partial charge in [-0.1, -0.05) is 23.7 Å². The fourth-order valence-corrected chi connectivity index (χ4v) is 2.62. The van der Waals surface area contributed by atoms with Crippen molar-refractivity contribution >= 4 is 34.6 Å². The van der Waals surface area contributed by atoms with Crippen molar-refractivity contribution in [1.82, 2.24) is 4.98 Å². The van der Waals surface area contributed by atoms with E-state index in [0.717, 1.165) is 5.69 Å². The fraction of sp³-hybridized carbons (Fsp3) is 0.100. The SMILES string of the molecule is COc1ccc(NC(=O)c2cc(Nc3ccccc3Cl)ccn2)c(OC)c1. The maximum Gasteiger partial charge on any atom is 0.274 e. The molecule has 27 heavy (non-hydrogen) atoms. The molecule has 0 spiro atoms. The molecule has 0 aliphatic carbocycles. The normalized spacial score (nSPS) is 10.2. The fourth-order valence-electron chi connectivity index (χ4n) is 2.44. The Bertz CT molecular complexity index is 963. The van der Waals surface area contributed by atoms with Crippen molar-refractivity contribution < 1.29 is 14.3 Å². The molecule has 0 fully saturated rings. The molecule has 7 heteroatoms. The van der Waals surface area contributed by atoms with E-state index >= 15 is 0 Å².